The lowest BCUT2D eigenvalue weighted by atomic mass is 10.1. The Morgan fingerprint density at radius 2 is 2.04 bits per heavy atom. The highest BCUT2D eigenvalue weighted by Gasteiger charge is 2.33. The van der Waals surface area contributed by atoms with E-state index in [9.17, 15) is 14.7 Å². The lowest BCUT2D eigenvalue weighted by Gasteiger charge is -2.15. The SMILES string of the molecule is O=C(O)c1cccc(N2C(=O)/C(=C\c3cc(Cl)ccc3[O-])SC2=S)c1. The zero-order valence-corrected chi connectivity index (χ0v) is 14.8. The van der Waals surface area contributed by atoms with Crippen molar-refractivity contribution in [3.8, 4) is 5.75 Å². The van der Waals surface area contributed by atoms with E-state index in [1.165, 1.54) is 47.4 Å². The van der Waals surface area contributed by atoms with Gasteiger partial charge in [0.15, 0.2) is 4.32 Å². The Kier molecular flexibility index (Phi) is 4.80. The molecule has 2 aromatic carbocycles. The fourth-order valence-corrected chi connectivity index (χ4v) is 3.71. The molecular weight excluding hydrogens is 382 g/mol. The first-order valence-electron chi connectivity index (χ1n) is 6.94. The molecule has 1 aliphatic rings. The van der Waals surface area contributed by atoms with Gasteiger partial charge in [0.25, 0.3) is 5.91 Å². The number of benzene rings is 2. The highest BCUT2D eigenvalue weighted by molar-refractivity contribution is 8.27. The van der Waals surface area contributed by atoms with Crippen LogP contribution >= 0.6 is 35.6 Å². The van der Waals surface area contributed by atoms with Crippen molar-refractivity contribution in [2.45, 2.75) is 0 Å². The van der Waals surface area contributed by atoms with Crippen molar-refractivity contribution in [3.63, 3.8) is 0 Å². The van der Waals surface area contributed by atoms with Gasteiger partial charge in [0, 0.05) is 5.02 Å². The van der Waals surface area contributed by atoms with Crippen molar-refractivity contribution in [1.29, 1.82) is 0 Å². The van der Waals surface area contributed by atoms with Gasteiger partial charge in [-0.2, -0.15) is 0 Å². The minimum atomic E-state index is -1.10. The summed E-state index contributed by atoms with van der Waals surface area (Å²) in [5, 5.41) is 21.4. The monoisotopic (exact) mass is 390 g/mol. The molecule has 0 aromatic heterocycles. The molecule has 1 saturated heterocycles. The van der Waals surface area contributed by atoms with Crippen molar-refractivity contribution >= 4 is 63.5 Å². The molecular formula is C17H9ClNO4S2-. The van der Waals surface area contributed by atoms with Gasteiger partial charge in [0.1, 0.15) is 0 Å². The van der Waals surface area contributed by atoms with Crippen LogP contribution < -0.4 is 10.0 Å². The maximum atomic E-state index is 12.7. The number of carbonyl (C=O) groups excluding carboxylic acids is 1. The molecule has 3 rings (SSSR count). The van der Waals surface area contributed by atoms with E-state index in [1.807, 2.05) is 0 Å². The van der Waals surface area contributed by atoms with Crippen LogP contribution in [-0.2, 0) is 4.79 Å². The molecule has 1 heterocycles. The maximum Gasteiger partial charge on any atom is 0.335 e. The van der Waals surface area contributed by atoms with Gasteiger partial charge in [-0.3, -0.25) is 9.69 Å². The molecule has 2 aromatic rings. The van der Waals surface area contributed by atoms with Crippen molar-refractivity contribution in [1.82, 2.24) is 0 Å². The number of thioether (sulfide) groups is 1. The summed E-state index contributed by atoms with van der Waals surface area (Å²) < 4.78 is 0.258. The largest absolute Gasteiger partial charge is 0.872 e. The molecule has 0 unspecified atom stereocenters. The number of halogens is 1. The Bertz CT molecular complexity index is 942. The maximum absolute atomic E-state index is 12.7. The molecule has 0 aliphatic carbocycles. The second-order valence-electron chi connectivity index (χ2n) is 5.05. The number of aromatic carboxylic acids is 1. The van der Waals surface area contributed by atoms with E-state index < -0.39 is 11.9 Å². The van der Waals surface area contributed by atoms with Crippen molar-refractivity contribution < 1.29 is 19.8 Å². The fraction of sp³-hybridized carbons (Fsp3) is 0. The number of rotatable bonds is 3. The third kappa shape index (κ3) is 3.53. The van der Waals surface area contributed by atoms with Crippen LogP contribution in [0.15, 0.2) is 47.4 Å². The number of thiocarbonyl (C=S) groups is 1. The number of carbonyl (C=O) groups is 2. The number of hydrogen-bond donors (Lipinski definition) is 1. The molecule has 1 fully saturated rings. The second-order valence-corrected chi connectivity index (χ2v) is 7.17. The summed E-state index contributed by atoms with van der Waals surface area (Å²) in [6.07, 6.45) is 1.44. The molecule has 0 spiro atoms. The number of amides is 1. The van der Waals surface area contributed by atoms with Gasteiger partial charge < -0.3 is 10.2 Å². The van der Waals surface area contributed by atoms with E-state index in [-0.39, 0.29) is 26.1 Å². The third-order valence-corrected chi connectivity index (χ3v) is 4.94. The highest BCUT2D eigenvalue weighted by Crippen LogP contribution is 2.37. The predicted molar refractivity (Wildman–Crippen MR) is 100.0 cm³/mol. The standard InChI is InChI=1S/C17H10ClNO4S2/c18-11-4-5-13(20)10(6-11)8-14-15(21)19(17(24)25-14)12-3-1-2-9(7-12)16(22)23/h1-8,20H,(H,22,23)/p-1/b14-8+. The summed E-state index contributed by atoms with van der Waals surface area (Å²) in [7, 11) is 0. The molecule has 126 valence electrons. The third-order valence-electron chi connectivity index (χ3n) is 3.40. The first-order chi connectivity index (χ1) is 11.9. The minimum Gasteiger partial charge on any atom is -0.872 e. The Morgan fingerprint density at radius 1 is 1.28 bits per heavy atom. The molecule has 0 atom stereocenters. The molecule has 0 bridgehead atoms. The van der Waals surface area contributed by atoms with Gasteiger partial charge >= 0.3 is 5.97 Å². The summed E-state index contributed by atoms with van der Waals surface area (Å²) in [6.45, 7) is 0. The molecule has 1 aliphatic heterocycles. The molecule has 0 saturated carbocycles. The lowest BCUT2D eigenvalue weighted by Crippen LogP contribution is -2.27. The van der Waals surface area contributed by atoms with E-state index in [0.29, 0.717) is 10.7 Å². The van der Waals surface area contributed by atoms with E-state index in [0.717, 1.165) is 11.8 Å². The van der Waals surface area contributed by atoms with E-state index in [1.54, 1.807) is 6.07 Å². The molecule has 8 heteroatoms. The second kappa shape index (κ2) is 6.87. The average molecular weight is 391 g/mol. The Balaban J connectivity index is 1.98. The van der Waals surface area contributed by atoms with Gasteiger partial charge in [-0.25, -0.2) is 4.79 Å². The van der Waals surface area contributed by atoms with Crippen LogP contribution in [0, 0.1) is 0 Å². The quantitative estimate of drug-likeness (QED) is 0.638. The first-order valence-corrected chi connectivity index (χ1v) is 8.55. The highest BCUT2D eigenvalue weighted by atomic mass is 35.5. The summed E-state index contributed by atoms with van der Waals surface area (Å²) in [4.78, 5) is 25.3. The van der Waals surface area contributed by atoms with Gasteiger partial charge in [-0.05, 0) is 42.0 Å². The fourth-order valence-electron chi connectivity index (χ4n) is 2.24. The molecule has 1 amide bonds. The lowest BCUT2D eigenvalue weighted by molar-refractivity contribution is -0.268. The summed E-state index contributed by atoms with van der Waals surface area (Å²) in [6, 6.07) is 10.2. The number of nitrogens with zero attached hydrogens (tertiary/aromatic N) is 1. The first kappa shape index (κ1) is 17.5. The van der Waals surface area contributed by atoms with Crippen LogP contribution in [0.1, 0.15) is 15.9 Å². The van der Waals surface area contributed by atoms with Crippen LogP contribution in [0.4, 0.5) is 5.69 Å². The average Bonchev–Trinajstić information content (AvgIpc) is 2.85. The molecule has 0 radical (unpaired) electrons. The smallest absolute Gasteiger partial charge is 0.335 e. The van der Waals surface area contributed by atoms with Crippen LogP contribution in [-0.4, -0.2) is 21.3 Å². The van der Waals surface area contributed by atoms with Gasteiger partial charge in [-0.15, -0.1) is 5.75 Å². The predicted octanol–water partition coefficient (Wildman–Crippen LogP) is 3.52. The Hall–Kier alpha value is -2.35. The van der Waals surface area contributed by atoms with Gasteiger partial charge in [-0.1, -0.05) is 47.7 Å². The number of carboxylic acid groups (broad SMARTS) is 1. The summed E-state index contributed by atoms with van der Waals surface area (Å²) in [5.74, 6) is -1.78. The number of hydrogen-bond acceptors (Lipinski definition) is 5. The normalized spacial score (nSPS) is 15.9. The van der Waals surface area contributed by atoms with Crippen molar-refractivity contribution in [3.05, 3.63) is 63.5 Å². The van der Waals surface area contributed by atoms with E-state index in [4.69, 9.17) is 28.9 Å². The zero-order chi connectivity index (χ0) is 18.1. The number of anilines is 1. The van der Waals surface area contributed by atoms with Gasteiger partial charge in [0.2, 0.25) is 0 Å². The molecule has 5 nitrogen and oxygen atoms in total. The topological polar surface area (TPSA) is 80.7 Å². The number of carboxylic acids is 1. The van der Waals surface area contributed by atoms with Crippen LogP contribution in [0.2, 0.25) is 5.02 Å². The van der Waals surface area contributed by atoms with Crippen molar-refractivity contribution in [2.24, 2.45) is 0 Å². The van der Waals surface area contributed by atoms with Crippen LogP contribution in [0.3, 0.4) is 0 Å². The summed E-state index contributed by atoms with van der Waals surface area (Å²) >= 11 is 12.2. The van der Waals surface area contributed by atoms with Crippen molar-refractivity contribution in [2.75, 3.05) is 4.90 Å². The van der Waals surface area contributed by atoms with E-state index >= 15 is 0 Å². The Labute approximate surface area is 157 Å². The van der Waals surface area contributed by atoms with Crippen LogP contribution in [0.25, 0.3) is 6.08 Å². The van der Waals surface area contributed by atoms with Crippen LogP contribution in [0.5, 0.6) is 5.75 Å². The Morgan fingerprint density at radius 3 is 2.76 bits per heavy atom. The molecule has 25 heavy (non-hydrogen) atoms. The van der Waals surface area contributed by atoms with E-state index in [2.05, 4.69) is 0 Å². The van der Waals surface area contributed by atoms with Gasteiger partial charge in [0.05, 0.1) is 16.2 Å². The zero-order valence-electron chi connectivity index (χ0n) is 12.4. The minimum absolute atomic E-state index is 0.0483. The molecule has 1 N–H and O–H groups in total. The summed E-state index contributed by atoms with van der Waals surface area (Å²) in [5.41, 5.74) is 0.693.